The molecule has 3 nitrogen and oxygen atoms in total. The molecule has 4 heteroatoms. The zero-order chi connectivity index (χ0) is 15.2. The van der Waals surface area contributed by atoms with E-state index in [2.05, 4.69) is 15.9 Å². The van der Waals surface area contributed by atoms with E-state index in [4.69, 9.17) is 10.5 Å². The Morgan fingerprint density at radius 2 is 1.95 bits per heavy atom. The number of aliphatic hydroxyl groups is 1. The third-order valence-electron chi connectivity index (χ3n) is 3.38. The summed E-state index contributed by atoms with van der Waals surface area (Å²) in [6.07, 6.45) is 0.595. The fourth-order valence-corrected chi connectivity index (χ4v) is 2.58. The summed E-state index contributed by atoms with van der Waals surface area (Å²) in [5.74, 6) is 0.718. The molecule has 0 saturated carbocycles. The fourth-order valence-electron chi connectivity index (χ4n) is 2.16. The zero-order valence-corrected chi connectivity index (χ0v) is 13.6. The Bertz CT molecular complexity index is 589. The molecule has 2 rings (SSSR count). The lowest BCUT2D eigenvalue weighted by Crippen LogP contribution is -2.31. The van der Waals surface area contributed by atoms with E-state index in [1.807, 2.05) is 55.5 Å². The molecule has 0 fully saturated rings. The van der Waals surface area contributed by atoms with E-state index in [0.29, 0.717) is 0 Å². The van der Waals surface area contributed by atoms with Crippen LogP contribution in [-0.4, -0.2) is 11.1 Å². The lowest BCUT2D eigenvalue weighted by Gasteiger charge is -2.25. The molecule has 2 atom stereocenters. The van der Waals surface area contributed by atoms with Gasteiger partial charge in [-0.05, 0) is 41.8 Å². The molecule has 2 aromatic carbocycles. The Kier molecular flexibility index (Phi) is 5.79. The van der Waals surface area contributed by atoms with Gasteiger partial charge in [0.2, 0.25) is 0 Å². The Labute approximate surface area is 133 Å². The van der Waals surface area contributed by atoms with Crippen molar-refractivity contribution in [1.82, 2.24) is 0 Å². The van der Waals surface area contributed by atoms with Crippen LogP contribution in [0.25, 0.3) is 0 Å². The Morgan fingerprint density at radius 3 is 2.62 bits per heavy atom. The summed E-state index contributed by atoms with van der Waals surface area (Å²) in [7, 11) is 0. The first-order valence-corrected chi connectivity index (χ1v) is 7.81. The van der Waals surface area contributed by atoms with Crippen LogP contribution in [-0.2, 0) is 6.61 Å². The molecule has 112 valence electrons. The third-order valence-corrected chi connectivity index (χ3v) is 3.87. The SMILES string of the molecule is CCC(N)C(Oc1cccc(CO)c1)c1cccc(Br)c1. The summed E-state index contributed by atoms with van der Waals surface area (Å²) in [6, 6.07) is 15.3. The van der Waals surface area contributed by atoms with Gasteiger partial charge in [0.15, 0.2) is 0 Å². The van der Waals surface area contributed by atoms with Crippen LogP contribution in [0.15, 0.2) is 53.0 Å². The van der Waals surface area contributed by atoms with Gasteiger partial charge in [-0.2, -0.15) is 0 Å². The predicted octanol–water partition coefficient (Wildman–Crippen LogP) is 3.80. The molecule has 0 bridgehead atoms. The van der Waals surface area contributed by atoms with Gasteiger partial charge in [-0.25, -0.2) is 0 Å². The van der Waals surface area contributed by atoms with E-state index in [9.17, 15) is 5.11 Å². The summed E-state index contributed by atoms with van der Waals surface area (Å²) in [6.45, 7) is 2.04. The monoisotopic (exact) mass is 349 g/mol. The molecule has 0 saturated heterocycles. The molecular formula is C17H20BrNO2. The largest absolute Gasteiger partial charge is 0.484 e. The van der Waals surface area contributed by atoms with Crippen LogP contribution < -0.4 is 10.5 Å². The minimum Gasteiger partial charge on any atom is -0.484 e. The number of hydrogen-bond donors (Lipinski definition) is 2. The highest BCUT2D eigenvalue weighted by Crippen LogP contribution is 2.27. The van der Waals surface area contributed by atoms with Crippen molar-refractivity contribution < 1.29 is 9.84 Å². The topological polar surface area (TPSA) is 55.5 Å². The van der Waals surface area contributed by atoms with Crippen LogP contribution in [0, 0.1) is 0 Å². The van der Waals surface area contributed by atoms with Gasteiger partial charge in [0.1, 0.15) is 11.9 Å². The first-order chi connectivity index (χ1) is 10.1. The lowest BCUT2D eigenvalue weighted by atomic mass is 10.0. The Morgan fingerprint density at radius 1 is 1.19 bits per heavy atom. The number of ether oxygens (including phenoxy) is 1. The van der Waals surface area contributed by atoms with E-state index < -0.39 is 0 Å². The van der Waals surface area contributed by atoms with Gasteiger partial charge in [0.25, 0.3) is 0 Å². The normalized spacial score (nSPS) is 13.7. The van der Waals surface area contributed by atoms with Crippen molar-refractivity contribution in [1.29, 1.82) is 0 Å². The molecule has 0 radical (unpaired) electrons. The lowest BCUT2D eigenvalue weighted by molar-refractivity contribution is 0.170. The number of rotatable bonds is 6. The van der Waals surface area contributed by atoms with Crippen molar-refractivity contribution in [2.24, 2.45) is 5.73 Å². The summed E-state index contributed by atoms with van der Waals surface area (Å²) in [4.78, 5) is 0. The van der Waals surface area contributed by atoms with Gasteiger partial charge in [-0.3, -0.25) is 0 Å². The summed E-state index contributed by atoms with van der Waals surface area (Å²) >= 11 is 3.48. The van der Waals surface area contributed by atoms with E-state index >= 15 is 0 Å². The van der Waals surface area contributed by atoms with Gasteiger partial charge in [0.05, 0.1) is 6.61 Å². The van der Waals surface area contributed by atoms with E-state index in [1.54, 1.807) is 0 Å². The maximum absolute atomic E-state index is 9.22. The third kappa shape index (κ3) is 4.30. The van der Waals surface area contributed by atoms with Crippen molar-refractivity contribution in [2.45, 2.75) is 32.1 Å². The molecule has 0 aliphatic rings. The minimum absolute atomic E-state index is 0.00141. The zero-order valence-electron chi connectivity index (χ0n) is 12.0. The van der Waals surface area contributed by atoms with Crippen LogP contribution in [0.3, 0.4) is 0 Å². The highest BCUT2D eigenvalue weighted by molar-refractivity contribution is 9.10. The molecule has 0 aliphatic carbocycles. The Hall–Kier alpha value is -1.36. The van der Waals surface area contributed by atoms with Crippen LogP contribution in [0.1, 0.15) is 30.6 Å². The van der Waals surface area contributed by atoms with Gasteiger partial charge in [-0.15, -0.1) is 0 Å². The first kappa shape index (κ1) is 16.0. The number of halogens is 1. The van der Waals surface area contributed by atoms with E-state index in [0.717, 1.165) is 27.8 Å². The van der Waals surface area contributed by atoms with Crippen molar-refractivity contribution >= 4 is 15.9 Å². The van der Waals surface area contributed by atoms with Crippen molar-refractivity contribution in [3.63, 3.8) is 0 Å². The number of aliphatic hydroxyl groups excluding tert-OH is 1. The summed E-state index contributed by atoms with van der Waals surface area (Å²) < 4.78 is 7.09. The summed E-state index contributed by atoms with van der Waals surface area (Å²) in [5, 5.41) is 9.22. The smallest absolute Gasteiger partial charge is 0.139 e. The molecular weight excluding hydrogens is 330 g/mol. The molecule has 3 N–H and O–H groups in total. The number of hydrogen-bond acceptors (Lipinski definition) is 3. The maximum Gasteiger partial charge on any atom is 0.139 e. The average molecular weight is 350 g/mol. The van der Waals surface area contributed by atoms with Crippen molar-refractivity contribution in [2.75, 3.05) is 0 Å². The van der Waals surface area contributed by atoms with Gasteiger partial charge >= 0.3 is 0 Å². The molecule has 0 spiro atoms. The van der Waals surface area contributed by atoms with Gasteiger partial charge < -0.3 is 15.6 Å². The quantitative estimate of drug-likeness (QED) is 0.833. The average Bonchev–Trinajstić information content (AvgIpc) is 2.52. The van der Waals surface area contributed by atoms with Crippen molar-refractivity contribution in [3.8, 4) is 5.75 Å². The summed E-state index contributed by atoms with van der Waals surface area (Å²) in [5.41, 5.74) is 8.09. The van der Waals surface area contributed by atoms with Crippen LogP contribution >= 0.6 is 15.9 Å². The molecule has 0 aromatic heterocycles. The van der Waals surface area contributed by atoms with Crippen molar-refractivity contribution in [3.05, 3.63) is 64.1 Å². The minimum atomic E-state index is -0.221. The predicted molar refractivity (Wildman–Crippen MR) is 88.1 cm³/mol. The standard InChI is InChI=1S/C17H20BrNO2/c1-2-16(19)17(13-6-4-7-14(18)10-13)21-15-8-3-5-12(9-15)11-20/h3-10,16-17,20H,2,11,19H2,1H3. The van der Waals surface area contributed by atoms with Gasteiger partial charge in [0, 0.05) is 10.5 Å². The van der Waals surface area contributed by atoms with Crippen LogP contribution in [0.4, 0.5) is 0 Å². The molecule has 2 aromatic rings. The molecule has 2 unspecified atom stereocenters. The molecule has 0 aliphatic heterocycles. The second-order valence-corrected chi connectivity index (χ2v) is 5.89. The number of nitrogens with two attached hydrogens (primary N) is 1. The van der Waals surface area contributed by atoms with E-state index in [-0.39, 0.29) is 18.8 Å². The van der Waals surface area contributed by atoms with Gasteiger partial charge in [-0.1, -0.05) is 47.1 Å². The maximum atomic E-state index is 9.22. The molecule has 21 heavy (non-hydrogen) atoms. The van der Waals surface area contributed by atoms with E-state index in [1.165, 1.54) is 0 Å². The Balaban J connectivity index is 2.28. The highest BCUT2D eigenvalue weighted by atomic mass is 79.9. The first-order valence-electron chi connectivity index (χ1n) is 7.01. The fraction of sp³-hybridized carbons (Fsp3) is 0.294. The second-order valence-electron chi connectivity index (χ2n) is 4.97. The highest BCUT2D eigenvalue weighted by Gasteiger charge is 2.21. The number of benzene rings is 2. The molecule has 0 heterocycles. The molecule has 0 amide bonds. The second kappa shape index (κ2) is 7.59. The van der Waals surface area contributed by atoms with Crippen LogP contribution in [0.5, 0.6) is 5.75 Å². The van der Waals surface area contributed by atoms with Crippen LogP contribution in [0.2, 0.25) is 0 Å².